The number of benzene rings is 1. The van der Waals surface area contributed by atoms with Crippen molar-refractivity contribution in [3.63, 3.8) is 0 Å². The molecule has 1 aliphatic heterocycles. The lowest BCUT2D eigenvalue weighted by atomic mass is 9.96. The Kier molecular flexibility index (Phi) is 8.00. The van der Waals surface area contributed by atoms with Gasteiger partial charge in [-0.25, -0.2) is 0 Å². The second-order valence-corrected chi connectivity index (χ2v) is 7.44. The number of likely N-dealkylation sites (N-methyl/N-ethyl adjacent to an activating group) is 1. The molecule has 1 saturated heterocycles. The van der Waals surface area contributed by atoms with E-state index < -0.39 is 0 Å². The van der Waals surface area contributed by atoms with Crippen LogP contribution in [0.3, 0.4) is 0 Å². The van der Waals surface area contributed by atoms with Crippen LogP contribution in [-0.4, -0.2) is 47.0 Å². The summed E-state index contributed by atoms with van der Waals surface area (Å²) in [4.78, 5) is 15.7. The molecule has 0 bridgehead atoms. The Labute approximate surface area is 165 Å². The summed E-state index contributed by atoms with van der Waals surface area (Å²) in [6, 6.07) is 10.4. The summed E-state index contributed by atoms with van der Waals surface area (Å²) in [6.45, 7) is 2.98. The first-order valence-electron chi connectivity index (χ1n) is 8.76. The minimum absolute atomic E-state index is 0. The molecule has 1 N–H and O–H groups in total. The van der Waals surface area contributed by atoms with Crippen LogP contribution in [0, 0.1) is 0 Å². The van der Waals surface area contributed by atoms with Crippen LogP contribution in [-0.2, 0) is 17.9 Å². The lowest BCUT2D eigenvalue weighted by molar-refractivity contribution is -0.131. The number of carbonyl (C=O) groups excluding carboxylic acids is 1. The van der Waals surface area contributed by atoms with E-state index in [0.717, 1.165) is 25.1 Å². The van der Waals surface area contributed by atoms with Crippen LogP contribution in [0.25, 0.3) is 0 Å². The number of nitrogens with zero attached hydrogens (tertiary/aromatic N) is 3. The Hall–Kier alpha value is -1.50. The largest absolute Gasteiger partial charge is 0.340 e. The molecule has 2 aromatic rings. The fraction of sp³-hybridized carbons (Fsp3) is 0.474. The number of rotatable bonds is 6. The van der Waals surface area contributed by atoms with Crippen molar-refractivity contribution in [2.24, 2.45) is 0 Å². The normalized spacial score (nSPS) is 16.8. The monoisotopic (exact) mass is 394 g/mol. The van der Waals surface area contributed by atoms with Crippen molar-refractivity contribution in [1.29, 1.82) is 0 Å². The lowest BCUT2D eigenvalue weighted by Gasteiger charge is -2.24. The summed E-state index contributed by atoms with van der Waals surface area (Å²) in [6.07, 6.45) is 6.20. The number of amides is 1. The van der Waals surface area contributed by atoms with Crippen LogP contribution in [0.2, 0.25) is 0 Å². The summed E-state index contributed by atoms with van der Waals surface area (Å²) >= 11 is 1.72. The zero-order chi connectivity index (χ0) is 17.6. The molecule has 1 aromatic heterocycles. The number of piperidine rings is 1. The Bertz CT molecular complexity index is 715. The number of hydrogen-bond donors (Lipinski definition) is 1. The second kappa shape index (κ2) is 10.00. The van der Waals surface area contributed by atoms with E-state index in [2.05, 4.69) is 34.9 Å². The lowest BCUT2D eigenvalue weighted by Crippen LogP contribution is -2.33. The first kappa shape index (κ1) is 20.8. The Morgan fingerprint density at radius 1 is 1.42 bits per heavy atom. The first-order chi connectivity index (χ1) is 12.2. The third kappa shape index (κ3) is 5.25. The van der Waals surface area contributed by atoms with E-state index in [4.69, 9.17) is 0 Å². The molecule has 142 valence electrons. The van der Waals surface area contributed by atoms with Gasteiger partial charge < -0.3 is 10.2 Å². The smallest absolute Gasteiger partial charge is 0.244 e. The fourth-order valence-corrected chi connectivity index (χ4v) is 3.79. The van der Waals surface area contributed by atoms with Crippen molar-refractivity contribution in [2.45, 2.75) is 36.7 Å². The predicted molar refractivity (Wildman–Crippen MR) is 109 cm³/mol. The highest BCUT2D eigenvalue weighted by Crippen LogP contribution is 2.23. The molecular formula is C19H27ClN4OS. The molecule has 7 heteroatoms. The molecule has 0 aliphatic carbocycles. The van der Waals surface area contributed by atoms with Crippen molar-refractivity contribution in [1.82, 2.24) is 20.0 Å². The highest BCUT2D eigenvalue weighted by molar-refractivity contribution is 7.98. The maximum Gasteiger partial charge on any atom is 0.244 e. The van der Waals surface area contributed by atoms with Crippen LogP contribution >= 0.6 is 24.2 Å². The molecule has 1 amide bonds. The molecule has 0 radical (unpaired) electrons. The second-order valence-electron chi connectivity index (χ2n) is 6.56. The summed E-state index contributed by atoms with van der Waals surface area (Å²) in [5.41, 5.74) is 2.32. The van der Waals surface area contributed by atoms with Gasteiger partial charge in [0.2, 0.25) is 5.91 Å². The molecule has 0 saturated carbocycles. The molecule has 1 aromatic carbocycles. The quantitative estimate of drug-likeness (QED) is 0.764. The maximum absolute atomic E-state index is 12.6. The van der Waals surface area contributed by atoms with Crippen molar-refractivity contribution < 1.29 is 4.79 Å². The number of aromatic nitrogens is 2. The fourth-order valence-electron chi connectivity index (χ4n) is 3.31. The average Bonchev–Trinajstić information content (AvgIpc) is 3.10. The minimum atomic E-state index is 0. The van der Waals surface area contributed by atoms with E-state index >= 15 is 0 Å². The standard InChI is InChI=1S/C19H26N4OS.ClH/c1-22(13-15-5-3-7-17(11-15)25-2)19(24)14-23-18(8-10-21-23)16-6-4-9-20-12-16;/h3,5,7-8,10-11,16,20H,4,6,9,12-14H2,1-2H3;1H. The van der Waals surface area contributed by atoms with Crippen molar-refractivity contribution >= 4 is 30.1 Å². The highest BCUT2D eigenvalue weighted by Gasteiger charge is 2.20. The zero-order valence-electron chi connectivity index (χ0n) is 15.4. The number of hydrogen-bond acceptors (Lipinski definition) is 4. The SMILES string of the molecule is CSc1cccc(CN(C)C(=O)Cn2nccc2C2CCCNC2)c1.Cl. The molecule has 1 aliphatic rings. The van der Waals surface area contributed by atoms with Gasteiger partial charge in [0.1, 0.15) is 6.54 Å². The van der Waals surface area contributed by atoms with E-state index in [1.165, 1.54) is 17.0 Å². The van der Waals surface area contributed by atoms with Gasteiger partial charge in [-0.2, -0.15) is 5.10 Å². The van der Waals surface area contributed by atoms with Gasteiger partial charge in [0, 0.05) is 42.8 Å². The third-order valence-corrected chi connectivity index (χ3v) is 5.45. The highest BCUT2D eigenvalue weighted by atomic mass is 35.5. The van der Waals surface area contributed by atoms with Crippen LogP contribution in [0.4, 0.5) is 0 Å². The van der Waals surface area contributed by atoms with E-state index in [0.29, 0.717) is 19.0 Å². The molecule has 5 nitrogen and oxygen atoms in total. The Morgan fingerprint density at radius 2 is 2.27 bits per heavy atom. The van der Waals surface area contributed by atoms with Crippen LogP contribution in [0.1, 0.15) is 30.0 Å². The van der Waals surface area contributed by atoms with E-state index in [1.807, 2.05) is 23.9 Å². The number of thioether (sulfide) groups is 1. The minimum Gasteiger partial charge on any atom is -0.340 e. The van der Waals surface area contributed by atoms with Crippen LogP contribution in [0.15, 0.2) is 41.4 Å². The number of halogens is 1. The zero-order valence-corrected chi connectivity index (χ0v) is 17.0. The average molecular weight is 395 g/mol. The van der Waals surface area contributed by atoms with Gasteiger partial charge in [0.25, 0.3) is 0 Å². The summed E-state index contributed by atoms with van der Waals surface area (Å²) in [5.74, 6) is 0.538. The summed E-state index contributed by atoms with van der Waals surface area (Å²) in [7, 11) is 1.86. The maximum atomic E-state index is 12.6. The van der Waals surface area contributed by atoms with Gasteiger partial charge in [-0.15, -0.1) is 24.2 Å². The van der Waals surface area contributed by atoms with Gasteiger partial charge >= 0.3 is 0 Å². The van der Waals surface area contributed by atoms with Gasteiger partial charge in [-0.1, -0.05) is 12.1 Å². The summed E-state index contributed by atoms with van der Waals surface area (Å²) in [5, 5.41) is 7.82. The van der Waals surface area contributed by atoms with Crippen LogP contribution in [0.5, 0.6) is 0 Å². The van der Waals surface area contributed by atoms with Gasteiger partial charge in [0.15, 0.2) is 0 Å². The van der Waals surface area contributed by atoms with Gasteiger partial charge in [0.05, 0.1) is 0 Å². The number of nitrogens with one attached hydrogen (secondary N) is 1. The van der Waals surface area contributed by atoms with Gasteiger partial charge in [-0.05, 0) is 49.4 Å². The summed E-state index contributed by atoms with van der Waals surface area (Å²) < 4.78 is 1.87. The molecule has 1 fully saturated rings. The molecule has 3 rings (SSSR count). The van der Waals surface area contributed by atoms with E-state index in [9.17, 15) is 4.79 Å². The molecule has 1 atom stereocenters. The Balaban J connectivity index is 0.00000243. The van der Waals surface area contributed by atoms with Crippen LogP contribution < -0.4 is 5.32 Å². The molecular weight excluding hydrogens is 368 g/mol. The molecule has 2 heterocycles. The molecule has 0 spiro atoms. The number of carbonyl (C=O) groups is 1. The third-order valence-electron chi connectivity index (χ3n) is 4.73. The predicted octanol–water partition coefficient (Wildman–Crippen LogP) is 3.15. The van der Waals surface area contributed by atoms with Crippen molar-refractivity contribution in [3.05, 3.63) is 47.8 Å². The van der Waals surface area contributed by atoms with E-state index in [1.54, 1.807) is 22.9 Å². The topological polar surface area (TPSA) is 50.2 Å². The van der Waals surface area contributed by atoms with Gasteiger partial charge in [-0.3, -0.25) is 9.48 Å². The molecule has 26 heavy (non-hydrogen) atoms. The van der Waals surface area contributed by atoms with Crippen molar-refractivity contribution in [3.8, 4) is 0 Å². The molecule has 1 unspecified atom stereocenters. The Morgan fingerprint density at radius 3 is 3.00 bits per heavy atom. The van der Waals surface area contributed by atoms with E-state index in [-0.39, 0.29) is 18.3 Å². The first-order valence-corrected chi connectivity index (χ1v) is 9.99. The van der Waals surface area contributed by atoms with Crippen molar-refractivity contribution in [2.75, 3.05) is 26.4 Å².